The largest absolute Gasteiger partial charge is 0.493 e. The molecule has 1 rings (SSSR count). The molecular formula is C11H15NO4S. The van der Waals surface area contributed by atoms with Gasteiger partial charge in [0.15, 0.2) is 11.5 Å². The van der Waals surface area contributed by atoms with E-state index in [2.05, 4.69) is 17.9 Å². The summed E-state index contributed by atoms with van der Waals surface area (Å²) in [6, 6.07) is 3.17. The molecule has 5 nitrogen and oxygen atoms in total. The van der Waals surface area contributed by atoms with Gasteiger partial charge in [-0.3, -0.25) is 4.79 Å². The van der Waals surface area contributed by atoms with E-state index in [4.69, 9.17) is 14.2 Å². The van der Waals surface area contributed by atoms with E-state index in [9.17, 15) is 4.79 Å². The first-order valence-corrected chi connectivity index (χ1v) is 5.50. The fourth-order valence-electron chi connectivity index (χ4n) is 1.39. The second-order valence-corrected chi connectivity index (χ2v) is 3.39. The number of hydrogen-bond donors (Lipinski definition) is 2. The summed E-state index contributed by atoms with van der Waals surface area (Å²) in [5.41, 5.74) is 0.425. The minimum absolute atomic E-state index is 0.251. The first kappa shape index (κ1) is 13.5. The average Bonchev–Trinajstić information content (AvgIpc) is 2.37. The van der Waals surface area contributed by atoms with Gasteiger partial charge in [-0.05, 0) is 12.1 Å². The maximum Gasteiger partial charge on any atom is 0.252 e. The molecule has 1 aromatic rings. The van der Waals surface area contributed by atoms with Crippen LogP contribution in [0.25, 0.3) is 0 Å². The maximum absolute atomic E-state index is 11.7. The molecule has 0 saturated carbocycles. The van der Waals surface area contributed by atoms with Crippen LogP contribution in [0.4, 0.5) is 0 Å². The summed E-state index contributed by atoms with van der Waals surface area (Å²) < 4.78 is 15.4. The lowest BCUT2D eigenvalue weighted by Crippen LogP contribution is -2.21. The number of ether oxygens (including phenoxy) is 3. The molecular weight excluding hydrogens is 242 g/mol. The zero-order valence-electron chi connectivity index (χ0n) is 9.94. The number of rotatable bonds is 5. The number of carbonyl (C=O) groups excluding carboxylic acids is 1. The van der Waals surface area contributed by atoms with Crippen molar-refractivity contribution in [3.8, 4) is 17.2 Å². The van der Waals surface area contributed by atoms with Crippen molar-refractivity contribution >= 4 is 18.5 Å². The third-order valence-electron chi connectivity index (χ3n) is 2.17. The van der Waals surface area contributed by atoms with Crippen LogP contribution in [0.3, 0.4) is 0 Å². The van der Waals surface area contributed by atoms with Gasteiger partial charge in [0.2, 0.25) is 5.75 Å². The summed E-state index contributed by atoms with van der Waals surface area (Å²) in [4.78, 5) is 11.7. The molecule has 6 heteroatoms. The quantitative estimate of drug-likeness (QED) is 0.617. The summed E-state index contributed by atoms with van der Waals surface area (Å²) in [6.45, 7) is 0. The predicted molar refractivity (Wildman–Crippen MR) is 67.4 cm³/mol. The van der Waals surface area contributed by atoms with E-state index >= 15 is 0 Å². The van der Waals surface area contributed by atoms with Crippen molar-refractivity contribution in [3.63, 3.8) is 0 Å². The molecule has 94 valence electrons. The zero-order chi connectivity index (χ0) is 12.8. The number of hydrogen-bond acceptors (Lipinski definition) is 5. The highest BCUT2D eigenvalue weighted by atomic mass is 32.1. The number of thiol groups is 1. The Morgan fingerprint density at radius 1 is 1.18 bits per heavy atom. The molecule has 0 aliphatic heterocycles. The molecule has 0 unspecified atom stereocenters. The average molecular weight is 257 g/mol. The smallest absolute Gasteiger partial charge is 0.252 e. The summed E-state index contributed by atoms with van der Waals surface area (Å²) in [5.74, 6) is 1.35. The van der Waals surface area contributed by atoms with Gasteiger partial charge in [-0.2, -0.15) is 12.6 Å². The molecule has 1 aromatic carbocycles. The second-order valence-electron chi connectivity index (χ2n) is 3.08. The molecule has 0 aliphatic carbocycles. The Bertz CT molecular complexity index is 383. The van der Waals surface area contributed by atoms with Crippen LogP contribution >= 0.6 is 12.6 Å². The molecule has 17 heavy (non-hydrogen) atoms. The Balaban J connectivity index is 3.22. The molecule has 1 amide bonds. The molecule has 0 fully saturated rings. The van der Waals surface area contributed by atoms with Gasteiger partial charge in [-0.15, -0.1) is 0 Å². The summed E-state index contributed by atoms with van der Waals surface area (Å²) in [5, 5.41) is 2.58. The van der Waals surface area contributed by atoms with Crippen LogP contribution < -0.4 is 19.5 Å². The van der Waals surface area contributed by atoms with E-state index in [1.807, 2.05) is 0 Å². The van der Waals surface area contributed by atoms with E-state index in [1.165, 1.54) is 21.3 Å². The van der Waals surface area contributed by atoms with E-state index in [-0.39, 0.29) is 11.8 Å². The minimum atomic E-state index is -0.251. The predicted octanol–water partition coefficient (Wildman–Crippen LogP) is 1.33. The third kappa shape index (κ3) is 2.97. The van der Waals surface area contributed by atoms with Crippen LogP contribution in [0.15, 0.2) is 12.1 Å². The van der Waals surface area contributed by atoms with E-state index in [0.29, 0.717) is 22.8 Å². The van der Waals surface area contributed by atoms with Crippen molar-refractivity contribution in [1.82, 2.24) is 5.32 Å². The number of carbonyl (C=O) groups is 1. The second kappa shape index (κ2) is 6.24. The topological polar surface area (TPSA) is 56.8 Å². The monoisotopic (exact) mass is 257 g/mol. The molecule has 0 aliphatic rings. The molecule has 1 N–H and O–H groups in total. The molecule has 0 bridgehead atoms. The number of nitrogens with one attached hydrogen (secondary N) is 1. The van der Waals surface area contributed by atoms with Gasteiger partial charge in [0.1, 0.15) is 0 Å². The van der Waals surface area contributed by atoms with Crippen LogP contribution in [0.5, 0.6) is 17.2 Å². The summed E-state index contributed by atoms with van der Waals surface area (Å²) in [7, 11) is 4.50. The van der Waals surface area contributed by atoms with Gasteiger partial charge in [-0.1, -0.05) is 0 Å². The number of amides is 1. The molecule has 0 heterocycles. The van der Waals surface area contributed by atoms with Crippen LogP contribution in [0.2, 0.25) is 0 Å². The van der Waals surface area contributed by atoms with Crippen LogP contribution in [-0.4, -0.2) is 33.1 Å². The normalized spacial score (nSPS) is 9.65. The van der Waals surface area contributed by atoms with E-state index < -0.39 is 0 Å². The van der Waals surface area contributed by atoms with Gasteiger partial charge >= 0.3 is 0 Å². The SMILES string of the molecule is COc1cc(C(=O)NCS)cc(OC)c1OC. The highest BCUT2D eigenvalue weighted by Crippen LogP contribution is 2.38. The minimum Gasteiger partial charge on any atom is -0.493 e. The van der Waals surface area contributed by atoms with Crippen molar-refractivity contribution in [2.24, 2.45) is 0 Å². The number of methoxy groups -OCH3 is 3. The van der Waals surface area contributed by atoms with Crippen LogP contribution in [0.1, 0.15) is 10.4 Å². The molecule has 0 radical (unpaired) electrons. The van der Waals surface area contributed by atoms with Gasteiger partial charge in [-0.25, -0.2) is 0 Å². The molecule has 0 spiro atoms. The Morgan fingerprint density at radius 3 is 2.06 bits per heavy atom. The van der Waals surface area contributed by atoms with E-state index in [0.717, 1.165) is 0 Å². The van der Waals surface area contributed by atoms with Gasteiger partial charge in [0, 0.05) is 5.56 Å². The maximum atomic E-state index is 11.7. The fourth-order valence-corrected chi connectivity index (χ4v) is 1.53. The van der Waals surface area contributed by atoms with Crippen molar-refractivity contribution in [2.45, 2.75) is 0 Å². The summed E-state index contributed by atoms with van der Waals surface area (Å²) >= 11 is 3.93. The van der Waals surface area contributed by atoms with Crippen molar-refractivity contribution in [2.75, 3.05) is 27.2 Å². The van der Waals surface area contributed by atoms with Gasteiger partial charge < -0.3 is 19.5 Å². The van der Waals surface area contributed by atoms with Gasteiger partial charge in [0.05, 0.1) is 27.2 Å². The standard InChI is InChI=1S/C11H15NO4S/c1-14-8-4-7(11(13)12-6-17)5-9(15-2)10(8)16-3/h4-5,17H,6H2,1-3H3,(H,12,13). The molecule has 0 saturated heterocycles. The summed E-state index contributed by atoms with van der Waals surface area (Å²) in [6.07, 6.45) is 0. The zero-order valence-corrected chi connectivity index (χ0v) is 10.8. The van der Waals surface area contributed by atoms with Crippen molar-refractivity contribution in [1.29, 1.82) is 0 Å². The fraction of sp³-hybridized carbons (Fsp3) is 0.364. The lowest BCUT2D eigenvalue weighted by molar-refractivity contribution is 0.0960. The Kier molecular flexibility index (Phi) is 4.96. The highest BCUT2D eigenvalue weighted by Gasteiger charge is 2.16. The highest BCUT2D eigenvalue weighted by molar-refractivity contribution is 7.80. The van der Waals surface area contributed by atoms with Crippen molar-refractivity contribution in [3.05, 3.63) is 17.7 Å². The number of benzene rings is 1. The van der Waals surface area contributed by atoms with Crippen molar-refractivity contribution < 1.29 is 19.0 Å². The van der Waals surface area contributed by atoms with Gasteiger partial charge in [0.25, 0.3) is 5.91 Å². The first-order valence-electron chi connectivity index (χ1n) is 4.87. The Hall–Kier alpha value is -1.56. The lowest BCUT2D eigenvalue weighted by Gasteiger charge is -2.13. The molecule has 0 aromatic heterocycles. The third-order valence-corrected chi connectivity index (χ3v) is 2.32. The van der Waals surface area contributed by atoms with Crippen LogP contribution in [0, 0.1) is 0 Å². The van der Waals surface area contributed by atoms with E-state index in [1.54, 1.807) is 12.1 Å². The molecule has 0 atom stereocenters. The Labute approximate surface area is 105 Å². The lowest BCUT2D eigenvalue weighted by atomic mass is 10.1. The Morgan fingerprint density at radius 2 is 1.71 bits per heavy atom. The first-order chi connectivity index (χ1) is 8.17. The van der Waals surface area contributed by atoms with Crippen LogP contribution in [-0.2, 0) is 0 Å².